The fourth-order valence-corrected chi connectivity index (χ4v) is 2.71. The smallest absolute Gasteiger partial charge is 0.342 e. The summed E-state index contributed by atoms with van der Waals surface area (Å²) in [6, 6.07) is 18.9. The van der Waals surface area contributed by atoms with Crippen molar-refractivity contribution in [1.82, 2.24) is 0 Å². The number of fused-ring (bicyclic) bond motifs is 1. The zero-order chi connectivity index (χ0) is 17.6. The molecule has 0 bridgehead atoms. The molecule has 0 aliphatic heterocycles. The van der Waals surface area contributed by atoms with Crippen molar-refractivity contribution in [3.8, 4) is 11.5 Å². The maximum atomic E-state index is 12.4. The molecule has 0 aliphatic rings. The second kappa shape index (κ2) is 8.03. The Balaban J connectivity index is 1.62. The van der Waals surface area contributed by atoms with Crippen LogP contribution >= 0.6 is 15.9 Å². The zero-order valence-electron chi connectivity index (χ0n) is 13.7. The Hall–Kier alpha value is -2.53. The van der Waals surface area contributed by atoms with Crippen molar-refractivity contribution in [1.29, 1.82) is 0 Å². The number of esters is 1. The molecule has 0 aromatic heterocycles. The molecule has 0 heterocycles. The summed E-state index contributed by atoms with van der Waals surface area (Å²) in [4.78, 5) is 12.4. The summed E-state index contributed by atoms with van der Waals surface area (Å²) in [5, 5.41) is 1.97. The van der Waals surface area contributed by atoms with Crippen LogP contribution in [-0.4, -0.2) is 26.3 Å². The van der Waals surface area contributed by atoms with Crippen LogP contribution < -0.4 is 9.47 Å². The van der Waals surface area contributed by atoms with Crippen LogP contribution in [0.2, 0.25) is 0 Å². The van der Waals surface area contributed by atoms with Crippen LogP contribution in [0.4, 0.5) is 0 Å². The number of benzene rings is 3. The van der Waals surface area contributed by atoms with Gasteiger partial charge >= 0.3 is 5.97 Å². The first kappa shape index (κ1) is 17.3. The number of hydrogen-bond acceptors (Lipinski definition) is 4. The molecule has 0 unspecified atom stereocenters. The molecule has 0 N–H and O–H groups in total. The third-order valence-corrected chi connectivity index (χ3v) is 4.22. The summed E-state index contributed by atoms with van der Waals surface area (Å²) in [5.74, 6) is 0.794. The van der Waals surface area contributed by atoms with E-state index >= 15 is 0 Å². The molecule has 0 saturated heterocycles. The van der Waals surface area contributed by atoms with Gasteiger partial charge in [-0.25, -0.2) is 4.79 Å². The van der Waals surface area contributed by atoms with Gasteiger partial charge in [-0.3, -0.25) is 0 Å². The number of ether oxygens (including phenoxy) is 3. The predicted octanol–water partition coefficient (Wildman–Crippen LogP) is 4.85. The minimum absolute atomic E-state index is 0.158. The topological polar surface area (TPSA) is 44.8 Å². The molecule has 0 saturated carbocycles. The minimum atomic E-state index is -0.429. The highest BCUT2D eigenvalue weighted by atomic mass is 79.9. The van der Waals surface area contributed by atoms with Crippen LogP contribution in [0, 0.1) is 0 Å². The lowest BCUT2D eigenvalue weighted by Crippen LogP contribution is -2.13. The van der Waals surface area contributed by atoms with E-state index in [1.165, 1.54) is 7.11 Å². The van der Waals surface area contributed by atoms with Crippen LogP contribution in [0.1, 0.15) is 10.4 Å². The number of methoxy groups -OCH3 is 1. The Bertz CT molecular complexity index is 875. The average molecular weight is 401 g/mol. The van der Waals surface area contributed by atoms with Gasteiger partial charge in [-0.1, -0.05) is 40.2 Å². The Morgan fingerprint density at radius 2 is 1.64 bits per heavy atom. The fraction of sp³-hybridized carbons (Fsp3) is 0.150. The van der Waals surface area contributed by atoms with E-state index in [0.29, 0.717) is 11.3 Å². The second-order valence-corrected chi connectivity index (χ2v) is 6.25. The van der Waals surface area contributed by atoms with Crippen molar-refractivity contribution in [3.05, 3.63) is 70.7 Å². The van der Waals surface area contributed by atoms with Crippen LogP contribution in [0.15, 0.2) is 65.1 Å². The first-order chi connectivity index (χ1) is 12.2. The second-order valence-electron chi connectivity index (χ2n) is 5.34. The lowest BCUT2D eigenvalue weighted by atomic mass is 10.1. The molecular weight excluding hydrogens is 384 g/mol. The van der Waals surface area contributed by atoms with Crippen molar-refractivity contribution in [2.45, 2.75) is 0 Å². The molecule has 0 amide bonds. The van der Waals surface area contributed by atoms with Crippen molar-refractivity contribution in [2.75, 3.05) is 20.3 Å². The number of halogens is 1. The normalized spacial score (nSPS) is 10.5. The monoisotopic (exact) mass is 400 g/mol. The maximum Gasteiger partial charge on any atom is 0.342 e. The van der Waals surface area contributed by atoms with E-state index < -0.39 is 5.97 Å². The molecule has 4 nitrogen and oxygen atoms in total. The standard InChI is InChI=1S/C20H17BrO4/c1-23-19-13-15-5-3-2-4-14(15)12-18(19)20(22)25-11-10-24-17-8-6-16(21)7-9-17/h2-9,12-13H,10-11H2,1H3. The van der Waals surface area contributed by atoms with E-state index in [2.05, 4.69) is 15.9 Å². The highest BCUT2D eigenvalue weighted by Gasteiger charge is 2.15. The van der Waals surface area contributed by atoms with Crippen LogP contribution in [0.25, 0.3) is 10.8 Å². The van der Waals surface area contributed by atoms with Gasteiger partial charge in [-0.05, 0) is 47.2 Å². The Kier molecular flexibility index (Phi) is 5.56. The zero-order valence-corrected chi connectivity index (χ0v) is 15.3. The summed E-state index contributed by atoms with van der Waals surface area (Å²) >= 11 is 3.37. The van der Waals surface area contributed by atoms with Gasteiger partial charge in [0.05, 0.1) is 7.11 Å². The lowest BCUT2D eigenvalue weighted by Gasteiger charge is -2.11. The molecule has 25 heavy (non-hydrogen) atoms. The quantitative estimate of drug-likeness (QED) is 0.438. The Labute approximate surface area is 154 Å². The molecule has 3 aromatic rings. The molecule has 128 valence electrons. The summed E-state index contributed by atoms with van der Waals surface area (Å²) in [7, 11) is 1.54. The molecule has 0 aliphatic carbocycles. The number of carbonyl (C=O) groups is 1. The van der Waals surface area contributed by atoms with Gasteiger partial charge in [-0.2, -0.15) is 0 Å². The van der Waals surface area contributed by atoms with Crippen molar-refractivity contribution >= 4 is 32.7 Å². The summed E-state index contributed by atoms with van der Waals surface area (Å²) < 4.78 is 17.2. The van der Waals surface area contributed by atoms with Crippen LogP contribution in [-0.2, 0) is 4.74 Å². The van der Waals surface area contributed by atoms with E-state index in [-0.39, 0.29) is 13.2 Å². The third kappa shape index (κ3) is 4.31. The molecule has 3 aromatic carbocycles. The lowest BCUT2D eigenvalue weighted by molar-refractivity contribution is 0.0447. The van der Waals surface area contributed by atoms with E-state index in [1.807, 2.05) is 54.6 Å². The van der Waals surface area contributed by atoms with E-state index in [4.69, 9.17) is 14.2 Å². The molecule has 0 spiro atoms. The summed E-state index contributed by atoms with van der Waals surface area (Å²) in [6.07, 6.45) is 0. The highest BCUT2D eigenvalue weighted by Crippen LogP contribution is 2.26. The van der Waals surface area contributed by atoms with Gasteiger partial charge in [0.15, 0.2) is 0 Å². The first-order valence-corrected chi connectivity index (χ1v) is 8.59. The Morgan fingerprint density at radius 1 is 0.960 bits per heavy atom. The van der Waals surface area contributed by atoms with Crippen LogP contribution in [0.3, 0.4) is 0 Å². The number of rotatable bonds is 6. The molecular formula is C20H17BrO4. The van der Waals surface area contributed by atoms with E-state index in [0.717, 1.165) is 21.0 Å². The largest absolute Gasteiger partial charge is 0.496 e. The molecule has 3 rings (SSSR count). The maximum absolute atomic E-state index is 12.4. The minimum Gasteiger partial charge on any atom is -0.496 e. The van der Waals surface area contributed by atoms with E-state index in [9.17, 15) is 4.79 Å². The molecule has 0 atom stereocenters. The predicted molar refractivity (Wildman–Crippen MR) is 100 cm³/mol. The average Bonchev–Trinajstić information content (AvgIpc) is 2.65. The van der Waals surface area contributed by atoms with Gasteiger partial charge in [0.25, 0.3) is 0 Å². The molecule has 5 heteroatoms. The van der Waals surface area contributed by atoms with Gasteiger partial charge in [0.1, 0.15) is 30.3 Å². The SMILES string of the molecule is COc1cc2ccccc2cc1C(=O)OCCOc1ccc(Br)cc1. The van der Waals surface area contributed by atoms with Gasteiger partial charge in [0.2, 0.25) is 0 Å². The Morgan fingerprint density at radius 3 is 2.32 bits per heavy atom. The highest BCUT2D eigenvalue weighted by molar-refractivity contribution is 9.10. The number of hydrogen-bond donors (Lipinski definition) is 0. The van der Waals surface area contributed by atoms with E-state index in [1.54, 1.807) is 6.07 Å². The van der Waals surface area contributed by atoms with Gasteiger partial charge < -0.3 is 14.2 Å². The van der Waals surface area contributed by atoms with Gasteiger partial charge in [-0.15, -0.1) is 0 Å². The third-order valence-electron chi connectivity index (χ3n) is 3.69. The van der Waals surface area contributed by atoms with Crippen molar-refractivity contribution < 1.29 is 19.0 Å². The number of carbonyl (C=O) groups excluding carboxylic acids is 1. The molecule has 0 radical (unpaired) electrons. The van der Waals surface area contributed by atoms with Gasteiger partial charge in [0, 0.05) is 4.47 Å². The summed E-state index contributed by atoms with van der Waals surface area (Å²) in [5.41, 5.74) is 0.407. The van der Waals surface area contributed by atoms with Crippen molar-refractivity contribution in [3.63, 3.8) is 0 Å². The van der Waals surface area contributed by atoms with Crippen molar-refractivity contribution in [2.24, 2.45) is 0 Å². The molecule has 0 fully saturated rings. The fourth-order valence-electron chi connectivity index (χ4n) is 2.45. The first-order valence-electron chi connectivity index (χ1n) is 7.79. The summed E-state index contributed by atoms with van der Waals surface area (Å²) in [6.45, 7) is 0.439. The van der Waals surface area contributed by atoms with Crippen LogP contribution in [0.5, 0.6) is 11.5 Å².